The van der Waals surface area contributed by atoms with E-state index in [1.54, 1.807) is 12.5 Å². The minimum Gasteiger partial charge on any atom is -0.472 e. The first-order valence-corrected chi connectivity index (χ1v) is 3.39. The summed E-state index contributed by atoms with van der Waals surface area (Å²) in [7, 11) is 1.90. The zero-order valence-corrected chi connectivity index (χ0v) is 6.45. The second-order valence-corrected chi connectivity index (χ2v) is 2.46. The molecule has 3 nitrogen and oxygen atoms in total. The number of furan rings is 1. The van der Waals surface area contributed by atoms with Crippen LogP contribution in [0.4, 0.5) is 0 Å². The summed E-state index contributed by atoms with van der Waals surface area (Å²) in [5.41, 5.74) is 1.10. The Kier molecular flexibility index (Phi) is 2.70. The Labute approximate surface area is 65.8 Å². The molecule has 0 fully saturated rings. The largest absolute Gasteiger partial charge is 0.472 e. The zero-order valence-electron chi connectivity index (χ0n) is 6.45. The van der Waals surface area contributed by atoms with Crippen LogP contribution in [0.5, 0.6) is 0 Å². The van der Waals surface area contributed by atoms with Gasteiger partial charge in [-0.25, -0.2) is 0 Å². The van der Waals surface area contributed by atoms with Gasteiger partial charge < -0.3 is 4.42 Å². The predicted molar refractivity (Wildman–Crippen MR) is 40.7 cm³/mol. The second-order valence-electron chi connectivity index (χ2n) is 2.46. The quantitative estimate of drug-likeness (QED) is 0.608. The van der Waals surface area contributed by atoms with Gasteiger partial charge in [-0.15, -0.1) is 0 Å². The highest BCUT2D eigenvalue weighted by Crippen LogP contribution is 2.02. The van der Waals surface area contributed by atoms with Crippen LogP contribution in [-0.2, 0) is 6.54 Å². The van der Waals surface area contributed by atoms with E-state index in [1.807, 2.05) is 18.0 Å². The van der Waals surface area contributed by atoms with Gasteiger partial charge in [-0.05, 0) is 13.1 Å². The number of hydrogen-bond acceptors (Lipinski definition) is 3. The highest BCUT2D eigenvalue weighted by Gasteiger charge is 1.98. The third-order valence-corrected chi connectivity index (χ3v) is 1.37. The first kappa shape index (κ1) is 7.83. The number of hydrogen-bond donors (Lipinski definition) is 0. The molecule has 0 unspecified atom stereocenters. The first-order valence-electron chi connectivity index (χ1n) is 3.39. The Morgan fingerprint density at radius 1 is 1.73 bits per heavy atom. The second kappa shape index (κ2) is 3.79. The van der Waals surface area contributed by atoms with Crippen molar-refractivity contribution >= 4 is 0 Å². The molecule has 1 rings (SSSR count). The van der Waals surface area contributed by atoms with Gasteiger partial charge >= 0.3 is 0 Å². The molecule has 58 valence electrons. The fourth-order valence-corrected chi connectivity index (χ4v) is 0.871. The molecule has 0 saturated heterocycles. The van der Waals surface area contributed by atoms with Gasteiger partial charge in [0.05, 0.1) is 25.1 Å². The SMILES string of the molecule is CN(CC#N)Cc1ccoc1. The van der Waals surface area contributed by atoms with E-state index in [4.69, 9.17) is 9.68 Å². The minimum absolute atomic E-state index is 0.450. The number of nitrogens with zero attached hydrogens (tertiary/aromatic N) is 2. The van der Waals surface area contributed by atoms with Crippen LogP contribution in [0.15, 0.2) is 23.0 Å². The summed E-state index contributed by atoms with van der Waals surface area (Å²) in [6.07, 6.45) is 3.32. The monoisotopic (exact) mass is 150 g/mol. The van der Waals surface area contributed by atoms with Crippen molar-refractivity contribution in [2.24, 2.45) is 0 Å². The Hall–Kier alpha value is -1.27. The predicted octanol–water partition coefficient (Wildman–Crippen LogP) is 1.23. The highest BCUT2D eigenvalue weighted by atomic mass is 16.3. The van der Waals surface area contributed by atoms with Crippen LogP contribution in [0, 0.1) is 11.3 Å². The van der Waals surface area contributed by atoms with E-state index in [1.165, 1.54) is 0 Å². The van der Waals surface area contributed by atoms with Gasteiger partial charge in [0.1, 0.15) is 0 Å². The molecule has 0 atom stereocenters. The van der Waals surface area contributed by atoms with Crippen LogP contribution in [0.3, 0.4) is 0 Å². The molecule has 0 bridgehead atoms. The number of nitriles is 1. The lowest BCUT2D eigenvalue weighted by atomic mass is 10.3. The van der Waals surface area contributed by atoms with Gasteiger partial charge in [-0.3, -0.25) is 4.90 Å². The third kappa shape index (κ3) is 2.44. The van der Waals surface area contributed by atoms with E-state index in [9.17, 15) is 0 Å². The summed E-state index contributed by atoms with van der Waals surface area (Å²) in [5, 5.41) is 8.35. The van der Waals surface area contributed by atoms with Crippen LogP contribution in [0.1, 0.15) is 5.56 Å². The van der Waals surface area contributed by atoms with E-state index >= 15 is 0 Å². The van der Waals surface area contributed by atoms with Crippen LogP contribution in [-0.4, -0.2) is 18.5 Å². The summed E-state index contributed by atoms with van der Waals surface area (Å²) >= 11 is 0. The van der Waals surface area contributed by atoms with Crippen molar-refractivity contribution in [3.8, 4) is 6.07 Å². The van der Waals surface area contributed by atoms with E-state index in [0.29, 0.717) is 6.54 Å². The van der Waals surface area contributed by atoms with Gasteiger partial charge in [0.25, 0.3) is 0 Å². The van der Waals surface area contributed by atoms with Gasteiger partial charge in [-0.2, -0.15) is 5.26 Å². The summed E-state index contributed by atoms with van der Waals surface area (Å²) < 4.78 is 4.88. The van der Waals surface area contributed by atoms with E-state index in [0.717, 1.165) is 12.1 Å². The molecular formula is C8H10N2O. The lowest BCUT2D eigenvalue weighted by Gasteiger charge is -2.09. The lowest BCUT2D eigenvalue weighted by molar-refractivity contribution is 0.365. The van der Waals surface area contributed by atoms with Crippen molar-refractivity contribution in [3.05, 3.63) is 24.2 Å². The molecule has 1 aromatic heterocycles. The van der Waals surface area contributed by atoms with Crippen molar-refractivity contribution in [3.63, 3.8) is 0 Å². The molecule has 0 amide bonds. The van der Waals surface area contributed by atoms with Crippen LogP contribution >= 0.6 is 0 Å². The van der Waals surface area contributed by atoms with Gasteiger partial charge in [-0.1, -0.05) is 0 Å². The van der Waals surface area contributed by atoms with Crippen molar-refractivity contribution < 1.29 is 4.42 Å². The molecule has 0 radical (unpaired) electrons. The minimum atomic E-state index is 0.450. The standard InChI is InChI=1S/C8H10N2O/c1-10(4-3-9)6-8-2-5-11-7-8/h2,5,7H,4,6H2,1H3. The topological polar surface area (TPSA) is 40.2 Å². The molecule has 11 heavy (non-hydrogen) atoms. The average molecular weight is 150 g/mol. The summed E-state index contributed by atoms with van der Waals surface area (Å²) in [6.45, 7) is 1.22. The molecule has 0 aliphatic heterocycles. The van der Waals surface area contributed by atoms with Crippen LogP contribution < -0.4 is 0 Å². The van der Waals surface area contributed by atoms with E-state index < -0.39 is 0 Å². The summed E-state index contributed by atoms with van der Waals surface area (Å²) in [6, 6.07) is 3.97. The molecule has 0 aliphatic rings. The zero-order chi connectivity index (χ0) is 8.10. The van der Waals surface area contributed by atoms with Gasteiger partial charge in [0.15, 0.2) is 0 Å². The molecule has 0 aliphatic carbocycles. The Morgan fingerprint density at radius 3 is 3.09 bits per heavy atom. The Morgan fingerprint density at radius 2 is 2.55 bits per heavy atom. The highest BCUT2D eigenvalue weighted by molar-refractivity contribution is 5.04. The summed E-state index contributed by atoms with van der Waals surface area (Å²) in [4.78, 5) is 1.92. The fourth-order valence-electron chi connectivity index (χ4n) is 0.871. The van der Waals surface area contributed by atoms with Crippen molar-refractivity contribution in [1.82, 2.24) is 4.90 Å². The molecule has 1 heterocycles. The van der Waals surface area contributed by atoms with Crippen molar-refractivity contribution in [1.29, 1.82) is 5.26 Å². The molecule has 0 spiro atoms. The van der Waals surface area contributed by atoms with Gasteiger partial charge in [0.2, 0.25) is 0 Å². The number of rotatable bonds is 3. The van der Waals surface area contributed by atoms with Gasteiger partial charge in [0, 0.05) is 12.1 Å². The van der Waals surface area contributed by atoms with Crippen molar-refractivity contribution in [2.75, 3.05) is 13.6 Å². The molecule has 0 saturated carbocycles. The normalized spacial score (nSPS) is 9.91. The first-order chi connectivity index (χ1) is 5.33. The third-order valence-electron chi connectivity index (χ3n) is 1.37. The van der Waals surface area contributed by atoms with E-state index in [2.05, 4.69) is 6.07 Å². The fraction of sp³-hybridized carbons (Fsp3) is 0.375. The molecule has 3 heteroatoms. The maximum atomic E-state index is 8.35. The van der Waals surface area contributed by atoms with Crippen molar-refractivity contribution in [2.45, 2.75) is 6.54 Å². The molecule has 0 aromatic carbocycles. The average Bonchev–Trinajstić information content (AvgIpc) is 2.40. The van der Waals surface area contributed by atoms with E-state index in [-0.39, 0.29) is 0 Å². The molecule has 1 aromatic rings. The smallest absolute Gasteiger partial charge is 0.0947 e. The summed E-state index contributed by atoms with van der Waals surface area (Å²) in [5.74, 6) is 0. The Bertz CT molecular complexity index is 235. The van der Waals surface area contributed by atoms with Crippen LogP contribution in [0.25, 0.3) is 0 Å². The molecule has 0 N–H and O–H groups in total. The van der Waals surface area contributed by atoms with Crippen LogP contribution in [0.2, 0.25) is 0 Å². The lowest BCUT2D eigenvalue weighted by Crippen LogP contribution is -2.17. The Balaban J connectivity index is 2.38. The maximum absolute atomic E-state index is 8.35. The maximum Gasteiger partial charge on any atom is 0.0947 e. The molecular weight excluding hydrogens is 140 g/mol.